The lowest BCUT2D eigenvalue weighted by molar-refractivity contribution is 1.55. The van der Waals surface area contributed by atoms with Gasteiger partial charge in [-0.2, -0.15) is 0 Å². The second-order valence-electron chi connectivity index (χ2n) is 14.6. The Labute approximate surface area is 382 Å². The van der Waals surface area contributed by atoms with Gasteiger partial charge in [-0.3, -0.25) is 0 Å². The lowest BCUT2D eigenvalue weighted by Crippen LogP contribution is -2.55. The Kier molecular flexibility index (Phi) is 11.4. The van der Waals surface area contributed by atoms with Crippen molar-refractivity contribution in [2.45, 2.75) is 6.92 Å². The minimum absolute atomic E-state index is 0.00393. The Balaban J connectivity index is 1.95. The summed E-state index contributed by atoms with van der Waals surface area (Å²) < 4.78 is 0. The topological polar surface area (TPSA) is 0 Å². The normalized spacial score (nSPS) is 11.6. The van der Waals surface area contributed by atoms with Gasteiger partial charge < -0.3 is 0 Å². The summed E-state index contributed by atoms with van der Waals surface area (Å²) in [7, 11) is 154. The third-order valence-corrected chi connectivity index (χ3v) is 11.7. The first-order chi connectivity index (χ1) is 27.9. The largest absolute Gasteiger partial charge is 0.113 e. The molecule has 0 spiro atoms. The van der Waals surface area contributed by atoms with E-state index in [0.717, 1.165) is 0 Å². The van der Waals surface area contributed by atoms with Crippen molar-refractivity contribution in [2.24, 2.45) is 0 Å². The molecule has 0 atom stereocenters. The van der Waals surface area contributed by atoms with Crippen molar-refractivity contribution in [3.63, 3.8) is 0 Å². The molecule has 0 saturated carbocycles. The average Bonchev–Trinajstić information content (AvgIpc) is 3.22. The summed E-state index contributed by atoms with van der Waals surface area (Å²) in [6.07, 6.45) is 0. The van der Waals surface area contributed by atoms with Crippen LogP contribution in [0.3, 0.4) is 0 Å². The molecule has 0 aliphatic carbocycles. The van der Waals surface area contributed by atoms with Gasteiger partial charge in [-0.25, -0.2) is 0 Å². The zero-order valence-electron chi connectivity index (χ0n) is 32.3. The van der Waals surface area contributed by atoms with Gasteiger partial charge in [0.1, 0.15) is 180 Å². The van der Waals surface area contributed by atoms with Crippen molar-refractivity contribution in [3.05, 3.63) is 5.56 Å². The second-order valence-corrected chi connectivity index (χ2v) is 14.6. The van der Waals surface area contributed by atoms with E-state index in [9.17, 15) is 0 Å². The predicted octanol–water partition coefficient (Wildman–Crippen LogP) is -17.3. The van der Waals surface area contributed by atoms with E-state index < -0.39 is 0 Å². The van der Waals surface area contributed by atoms with E-state index in [1.54, 1.807) is 6.92 Å². The van der Waals surface area contributed by atoms with Gasteiger partial charge in [0, 0.05) is 0 Å². The molecule has 0 unspecified atom stereocenters. The van der Waals surface area contributed by atoms with Crippen LogP contribution in [-0.2, 0) is 0 Å². The summed E-state index contributed by atoms with van der Waals surface area (Å²) in [5.41, 5.74) is -1.65. The van der Waals surface area contributed by atoms with E-state index in [1.165, 1.54) is 0 Å². The minimum Gasteiger partial charge on any atom is -0.112 e. The van der Waals surface area contributed by atoms with Gasteiger partial charge in [0.15, 0.2) is 0 Å². The van der Waals surface area contributed by atoms with Gasteiger partial charge in [0.2, 0.25) is 0 Å². The Morgan fingerprint density at radius 3 is 0.617 bits per heavy atom. The standard InChI is InChI=1S/C37H3B23/c1-2-3(16(39)28(51)27(50)15(2)38)6-12-13(24(47)34(57)33(56)23(12)46)9(18(41)17(6)40)4-7-10(21(44)31(54)29(52)19(7)42)5(11-8(4)20(43)30(53)32(55)22(11)45)14-25(48)35(58)37(60)36(59)26(14)49/h1H3. The summed E-state index contributed by atoms with van der Waals surface area (Å²) in [6.45, 7) is 1.65. The molecule has 7 aromatic carbocycles. The van der Waals surface area contributed by atoms with Crippen molar-refractivity contribution in [2.75, 3.05) is 0 Å². The van der Waals surface area contributed by atoms with Crippen LogP contribution in [0.1, 0.15) is 5.56 Å². The summed E-state index contributed by atoms with van der Waals surface area (Å²) in [5, 5.41) is 0.323. The van der Waals surface area contributed by atoms with Crippen LogP contribution in [0.25, 0.3) is 65.7 Å². The molecule has 0 nitrogen and oxygen atoms in total. The molecule has 0 bridgehead atoms. The third kappa shape index (κ3) is 5.84. The third-order valence-electron chi connectivity index (χ3n) is 11.7. The fourth-order valence-corrected chi connectivity index (χ4v) is 8.26. The van der Waals surface area contributed by atoms with E-state index in [1.807, 2.05) is 0 Å². The quantitative estimate of drug-likeness (QED) is 0.127. The van der Waals surface area contributed by atoms with Crippen molar-refractivity contribution in [1.29, 1.82) is 0 Å². The lowest BCUT2D eigenvalue weighted by atomic mass is 9.55. The molecule has 0 fully saturated rings. The highest BCUT2D eigenvalue weighted by Crippen LogP contribution is 2.41. The minimum atomic E-state index is -0.169. The molecule has 0 saturated heterocycles. The average molecular weight is 696 g/mol. The van der Waals surface area contributed by atoms with Gasteiger partial charge in [-0.1, -0.05) is 65.7 Å². The first-order valence-corrected chi connectivity index (χ1v) is 17.6. The summed E-state index contributed by atoms with van der Waals surface area (Å²) in [5.74, 6) is 0. The molecule has 0 aromatic heterocycles. The summed E-state index contributed by atoms with van der Waals surface area (Å²) in [6, 6.07) is 0. The molecule has 220 valence electrons. The Morgan fingerprint density at radius 2 is 0.317 bits per heavy atom. The zero-order chi connectivity index (χ0) is 44.8. The summed E-state index contributed by atoms with van der Waals surface area (Å²) >= 11 is 0. The van der Waals surface area contributed by atoms with Crippen molar-refractivity contribution < 1.29 is 0 Å². The van der Waals surface area contributed by atoms with Gasteiger partial charge >= 0.3 is 0 Å². The molecule has 0 amide bonds. The van der Waals surface area contributed by atoms with Crippen LogP contribution in [0.15, 0.2) is 0 Å². The van der Waals surface area contributed by atoms with Crippen LogP contribution in [0.5, 0.6) is 0 Å². The van der Waals surface area contributed by atoms with Crippen molar-refractivity contribution in [3.8, 4) is 33.4 Å². The number of rotatable bonds is 3. The molecule has 0 N–H and O–H groups in total. The van der Waals surface area contributed by atoms with Gasteiger partial charge in [-0.15, -0.1) is 65.6 Å². The molecular weight excluding hydrogens is 693 g/mol. The van der Waals surface area contributed by atoms with Crippen molar-refractivity contribution in [1.82, 2.24) is 0 Å². The van der Waals surface area contributed by atoms with Crippen molar-refractivity contribution >= 4 is 338 Å². The highest BCUT2D eigenvalue weighted by atomic mass is 14.3. The molecule has 0 aliphatic rings. The first-order valence-electron chi connectivity index (χ1n) is 17.6. The van der Waals surface area contributed by atoms with Crippen LogP contribution < -0.4 is 126 Å². The Hall–Kier alpha value is -3.19. The number of benzene rings is 7. The number of hydrogen-bond donors (Lipinski definition) is 0. The van der Waals surface area contributed by atoms with E-state index in [4.69, 9.17) is 180 Å². The molecule has 7 aromatic rings. The smallest absolute Gasteiger partial charge is 0.112 e. The van der Waals surface area contributed by atoms with Crippen LogP contribution in [-0.4, -0.2) is 180 Å². The highest BCUT2D eigenvalue weighted by molar-refractivity contribution is 6.76. The van der Waals surface area contributed by atoms with Crippen LogP contribution in [0.4, 0.5) is 0 Å². The lowest BCUT2D eigenvalue weighted by Gasteiger charge is -2.33. The monoisotopic (exact) mass is 700 g/mol. The van der Waals surface area contributed by atoms with E-state index >= 15 is 0 Å². The first kappa shape index (κ1) is 44.9. The molecule has 46 radical (unpaired) electrons. The molecular formula is C37H3B23. The van der Waals surface area contributed by atoms with E-state index in [0.29, 0.717) is 5.56 Å². The molecule has 0 heterocycles. The SMILES string of the molecule is [B]c1c([B])c([B])c(-c2c3c([B])c([B])c([B])c([B])c3c(-c3c([B])c([B])c(-c4c([B])c([B])c([B])c([B])c4C)c4c([B])c([B])c([B])c([B])c34)c3c([B])c([B])c([B])c([B])c23)c([B])c1[B]. The molecule has 0 aliphatic heterocycles. The number of hydrogen-bond acceptors (Lipinski definition) is 0. The van der Waals surface area contributed by atoms with Crippen LogP contribution in [0, 0.1) is 6.92 Å². The molecule has 7 rings (SSSR count). The van der Waals surface area contributed by atoms with Gasteiger partial charge in [0.25, 0.3) is 0 Å². The van der Waals surface area contributed by atoms with Crippen LogP contribution in [0.2, 0.25) is 0 Å². The highest BCUT2D eigenvalue weighted by Gasteiger charge is 2.30. The Bertz CT molecular complexity index is 3050. The predicted molar refractivity (Wildman–Crippen MR) is 284 cm³/mol. The number of fused-ring (bicyclic) bond motifs is 3. The Morgan fingerprint density at radius 1 is 0.150 bits per heavy atom. The summed E-state index contributed by atoms with van der Waals surface area (Å²) in [4.78, 5) is 0. The maximum Gasteiger partial charge on any atom is 0.113 e. The maximum atomic E-state index is 7.22. The van der Waals surface area contributed by atoms with Crippen LogP contribution >= 0.6 is 0 Å². The fourth-order valence-electron chi connectivity index (χ4n) is 8.26. The van der Waals surface area contributed by atoms with E-state index in [-0.39, 0.29) is 191 Å². The molecule has 23 heteroatoms. The van der Waals surface area contributed by atoms with Gasteiger partial charge in [0.05, 0.1) is 0 Å². The van der Waals surface area contributed by atoms with Gasteiger partial charge in [-0.05, 0) is 72.6 Å². The fraction of sp³-hybridized carbons (Fsp3) is 0.0270. The molecule has 60 heavy (non-hydrogen) atoms. The maximum absolute atomic E-state index is 7.22. The zero-order valence-corrected chi connectivity index (χ0v) is 32.3. The second kappa shape index (κ2) is 15.3. The van der Waals surface area contributed by atoms with E-state index in [2.05, 4.69) is 0 Å².